The molecule has 0 aliphatic rings. The molecule has 0 aromatic heterocycles. The lowest BCUT2D eigenvalue weighted by atomic mass is 10.2. The number of thioether (sulfide) groups is 1. The molecule has 17 heavy (non-hydrogen) atoms. The third kappa shape index (κ3) is 3.81. The Morgan fingerprint density at radius 3 is 2.82 bits per heavy atom. The van der Waals surface area contributed by atoms with Crippen LogP contribution in [0, 0.1) is 10.7 Å². The number of amides is 1. The number of ether oxygens (including phenoxy) is 1. The van der Waals surface area contributed by atoms with Crippen molar-refractivity contribution in [2.75, 3.05) is 18.2 Å². The molecule has 88 valence electrons. The molecular weight excluding hydrogens is 240 g/mol. The molecule has 0 spiro atoms. The first-order valence-electron chi connectivity index (χ1n) is 4.67. The summed E-state index contributed by atoms with van der Waals surface area (Å²) < 4.78 is 4.59. The van der Waals surface area contributed by atoms with Gasteiger partial charge in [0.05, 0.1) is 24.1 Å². The van der Waals surface area contributed by atoms with Gasteiger partial charge in [0, 0.05) is 0 Å². The van der Waals surface area contributed by atoms with Gasteiger partial charge >= 0.3 is 5.97 Å². The maximum Gasteiger partial charge on any atom is 0.339 e. The molecule has 1 N–H and O–H groups in total. The Kier molecular flexibility index (Phi) is 5.04. The number of carbonyl (C=O) groups excluding carboxylic acids is 2. The van der Waals surface area contributed by atoms with Gasteiger partial charge in [-0.3, -0.25) is 4.79 Å². The van der Waals surface area contributed by atoms with E-state index in [0.717, 1.165) is 11.8 Å². The maximum atomic E-state index is 11.4. The Balaban J connectivity index is 2.81. The van der Waals surface area contributed by atoms with E-state index in [2.05, 4.69) is 10.1 Å². The van der Waals surface area contributed by atoms with Crippen LogP contribution in [0.4, 0.5) is 5.69 Å². The minimum atomic E-state index is -0.520. The average molecular weight is 250 g/mol. The molecule has 0 unspecified atom stereocenters. The van der Waals surface area contributed by atoms with Crippen molar-refractivity contribution in [3.8, 4) is 5.40 Å². The highest BCUT2D eigenvalue weighted by molar-refractivity contribution is 8.04. The topological polar surface area (TPSA) is 79.2 Å². The van der Waals surface area contributed by atoms with Gasteiger partial charge in [0.2, 0.25) is 5.91 Å². The summed E-state index contributed by atoms with van der Waals surface area (Å²) >= 11 is 0.833. The highest BCUT2D eigenvalue weighted by Gasteiger charge is 2.12. The zero-order chi connectivity index (χ0) is 12.7. The van der Waals surface area contributed by atoms with E-state index in [4.69, 9.17) is 5.26 Å². The van der Waals surface area contributed by atoms with Crippen molar-refractivity contribution in [1.29, 1.82) is 5.26 Å². The summed E-state index contributed by atoms with van der Waals surface area (Å²) in [5.74, 6) is -0.840. The van der Waals surface area contributed by atoms with E-state index in [0.29, 0.717) is 5.69 Å². The molecular formula is C11H10N2O3S. The summed E-state index contributed by atoms with van der Waals surface area (Å²) in [6, 6.07) is 6.52. The number of carbonyl (C=O) groups is 2. The van der Waals surface area contributed by atoms with Gasteiger partial charge in [-0.05, 0) is 23.9 Å². The lowest BCUT2D eigenvalue weighted by Crippen LogP contribution is -2.16. The number of esters is 1. The van der Waals surface area contributed by atoms with E-state index >= 15 is 0 Å². The molecule has 0 aliphatic heterocycles. The molecule has 0 aliphatic carbocycles. The van der Waals surface area contributed by atoms with Crippen molar-refractivity contribution in [3.05, 3.63) is 29.8 Å². The number of benzene rings is 1. The van der Waals surface area contributed by atoms with Gasteiger partial charge < -0.3 is 10.1 Å². The molecule has 0 radical (unpaired) electrons. The molecule has 6 heteroatoms. The third-order valence-electron chi connectivity index (χ3n) is 1.87. The van der Waals surface area contributed by atoms with Gasteiger partial charge in [-0.25, -0.2) is 4.79 Å². The van der Waals surface area contributed by atoms with E-state index in [1.54, 1.807) is 29.7 Å². The van der Waals surface area contributed by atoms with Gasteiger partial charge in [-0.2, -0.15) is 5.26 Å². The fourth-order valence-corrected chi connectivity index (χ4v) is 1.43. The molecule has 0 heterocycles. The standard InChI is InChI=1S/C11H10N2O3S/c1-16-11(15)8-4-2-3-5-9(8)13-10(14)6-17-7-12/h2-5H,6H2,1H3,(H,13,14). The number of nitriles is 1. The summed E-state index contributed by atoms with van der Waals surface area (Å²) in [7, 11) is 1.27. The SMILES string of the molecule is COC(=O)c1ccccc1NC(=O)CSC#N. The zero-order valence-corrected chi connectivity index (χ0v) is 9.91. The second kappa shape index (κ2) is 6.55. The van der Waals surface area contributed by atoms with Crippen molar-refractivity contribution >= 4 is 29.3 Å². The Bertz CT molecular complexity index is 468. The molecule has 0 bridgehead atoms. The molecule has 1 aromatic rings. The first-order chi connectivity index (χ1) is 8.19. The molecule has 1 amide bonds. The lowest BCUT2D eigenvalue weighted by Gasteiger charge is -2.08. The van der Waals surface area contributed by atoms with Crippen LogP contribution in [-0.4, -0.2) is 24.7 Å². The Morgan fingerprint density at radius 2 is 2.18 bits per heavy atom. The van der Waals surface area contributed by atoms with Crippen molar-refractivity contribution < 1.29 is 14.3 Å². The quantitative estimate of drug-likeness (QED) is 0.649. The normalized spacial score (nSPS) is 9.18. The first kappa shape index (κ1) is 13.1. The molecule has 0 saturated carbocycles. The second-order valence-corrected chi connectivity index (χ2v) is 3.73. The van der Waals surface area contributed by atoms with Crippen molar-refractivity contribution in [3.63, 3.8) is 0 Å². The number of para-hydroxylation sites is 1. The predicted octanol–water partition coefficient (Wildman–Crippen LogP) is 1.63. The lowest BCUT2D eigenvalue weighted by molar-refractivity contribution is -0.113. The molecule has 1 aromatic carbocycles. The molecule has 1 rings (SSSR count). The Hall–Kier alpha value is -2.00. The predicted molar refractivity (Wildman–Crippen MR) is 64.5 cm³/mol. The van der Waals surface area contributed by atoms with Gasteiger partial charge in [-0.1, -0.05) is 12.1 Å². The first-order valence-corrected chi connectivity index (χ1v) is 5.65. The zero-order valence-electron chi connectivity index (χ0n) is 9.10. The number of hydrogen-bond donors (Lipinski definition) is 1. The van der Waals surface area contributed by atoms with E-state index in [9.17, 15) is 9.59 Å². The van der Waals surface area contributed by atoms with Crippen LogP contribution in [0.1, 0.15) is 10.4 Å². The summed E-state index contributed by atoms with van der Waals surface area (Å²) in [6.07, 6.45) is 0. The fourth-order valence-electron chi connectivity index (χ4n) is 1.16. The fraction of sp³-hybridized carbons (Fsp3) is 0.182. The van der Waals surface area contributed by atoms with Crippen LogP contribution in [-0.2, 0) is 9.53 Å². The van der Waals surface area contributed by atoms with Gasteiger partial charge in [0.15, 0.2) is 0 Å². The number of hydrogen-bond acceptors (Lipinski definition) is 5. The number of nitrogens with zero attached hydrogens (tertiary/aromatic N) is 1. The maximum absolute atomic E-state index is 11.4. The highest BCUT2D eigenvalue weighted by atomic mass is 32.2. The van der Waals surface area contributed by atoms with Crippen molar-refractivity contribution in [2.45, 2.75) is 0 Å². The average Bonchev–Trinajstić information content (AvgIpc) is 2.36. The van der Waals surface area contributed by atoms with Crippen LogP contribution in [0.25, 0.3) is 0 Å². The van der Waals surface area contributed by atoms with Gasteiger partial charge in [-0.15, -0.1) is 0 Å². The van der Waals surface area contributed by atoms with Crippen LogP contribution in [0.2, 0.25) is 0 Å². The number of thiocyanates is 1. The minimum Gasteiger partial charge on any atom is -0.465 e. The van der Waals surface area contributed by atoms with Crippen LogP contribution >= 0.6 is 11.8 Å². The smallest absolute Gasteiger partial charge is 0.339 e. The van der Waals surface area contributed by atoms with Crippen LogP contribution in [0.5, 0.6) is 0 Å². The number of rotatable bonds is 4. The van der Waals surface area contributed by atoms with Gasteiger partial charge in [0.1, 0.15) is 5.40 Å². The van der Waals surface area contributed by atoms with Crippen LogP contribution < -0.4 is 5.32 Å². The Labute approximate surface area is 103 Å². The second-order valence-electron chi connectivity index (χ2n) is 2.97. The summed E-state index contributed by atoms with van der Waals surface area (Å²) in [5.41, 5.74) is 0.660. The van der Waals surface area contributed by atoms with E-state index in [-0.39, 0.29) is 17.2 Å². The molecule has 0 saturated heterocycles. The molecule has 5 nitrogen and oxygen atoms in total. The monoisotopic (exact) mass is 250 g/mol. The molecule has 0 fully saturated rings. The number of methoxy groups -OCH3 is 1. The van der Waals surface area contributed by atoms with Crippen molar-refractivity contribution in [1.82, 2.24) is 0 Å². The summed E-state index contributed by atoms with van der Waals surface area (Å²) in [6.45, 7) is 0. The van der Waals surface area contributed by atoms with E-state index < -0.39 is 5.97 Å². The number of anilines is 1. The van der Waals surface area contributed by atoms with Crippen LogP contribution in [0.3, 0.4) is 0 Å². The number of nitrogens with one attached hydrogen (secondary N) is 1. The highest BCUT2D eigenvalue weighted by Crippen LogP contribution is 2.16. The van der Waals surface area contributed by atoms with E-state index in [1.807, 2.05) is 0 Å². The Morgan fingerprint density at radius 1 is 1.47 bits per heavy atom. The largest absolute Gasteiger partial charge is 0.465 e. The van der Waals surface area contributed by atoms with Crippen molar-refractivity contribution in [2.24, 2.45) is 0 Å². The molecule has 0 atom stereocenters. The minimum absolute atomic E-state index is 0.0198. The van der Waals surface area contributed by atoms with Gasteiger partial charge in [0.25, 0.3) is 0 Å². The van der Waals surface area contributed by atoms with E-state index in [1.165, 1.54) is 7.11 Å². The summed E-state index contributed by atoms with van der Waals surface area (Å²) in [4.78, 5) is 22.8. The van der Waals surface area contributed by atoms with Crippen LogP contribution in [0.15, 0.2) is 24.3 Å². The summed E-state index contributed by atoms with van der Waals surface area (Å²) in [5, 5.41) is 12.7. The third-order valence-corrected chi connectivity index (χ3v) is 2.41.